The van der Waals surface area contributed by atoms with E-state index in [2.05, 4.69) is 64.5 Å². The normalized spacial score (nSPS) is 20.6. The quantitative estimate of drug-likeness (QED) is 0.740. The van der Waals surface area contributed by atoms with Crippen molar-refractivity contribution in [2.45, 2.75) is 6.04 Å². The van der Waals surface area contributed by atoms with E-state index >= 15 is 0 Å². The Kier molecular flexibility index (Phi) is 2.04. The minimum atomic E-state index is 0.351. The highest BCUT2D eigenvalue weighted by Crippen LogP contribution is 2.39. The van der Waals surface area contributed by atoms with E-state index in [-0.39, 0.29) is 0 Å². The summed E-state index contributed by atoms with van der Waals surface area (Å²) < 4.78 is 0. The summed E-state index contributed by atoms with van der Waals surface area (Å²) in [6.45, 7) is 1.95. The summed E-state index contributed by atoms with van der Waals surface area (Å²) in [5.41, 5.74) is 4.06. The maximum atomic E-state index is 4.66. The third-order valence-electron chi connectivity index (χ3n) is 3.80. The van der Waals surface area contributed by atoms with Crippen LogP contribution in [0.15, 0.2) is 59.6 Å². The second kappa shape index (κ2) is 3.70. The van der Waals surface area contributed by atoms with Crippen molar-refractivity contribution in [3.63, 3.8) is 0 Å². The first-order valence-electron chi connectivity index (χ1n) is 6.40. The van der Waals surface area contributed by atoms with Crippen molar-refractivity contribution in [2.75, 3.05) is 13.1 Å². The number of fused-ring (bicyclic) bond motifs is 3. The Hall–Kier alpha value is -2.09. The molecule has 0 fully saturated rings. The Labute approximate surface area is 107 Å². The Morgan fingerprint density at radius 3 is 2.61 bits per heavy atom. The lowest BCUT2D eigenvalue weighted by molar-refractivity contribution is 0.406. The zero-order valence-electron chi connectivity index (χ0n) is 10.1. The van der Waals surface area contributed by atoms with Gasteiger partial charge >= 0.3 is 0 Å². The van der Waals surface area contributed by atoms with Crippen LogP contribution in [0.4, 0.5) is 0 Å². The number of hydrogen-bond acceptors (Lipinski definition) is 2. The highest BCUT2D eigenvalue weighted by molar-refractivity contribution is 6.04. The summed E-state index contributed by atoms with van der Waals surface area (Å²) in [4.78, 5) is 7.09. The largest absolute Gasteiger partial charge is 0.343 e. The predicted molar refractivity (Wildman–Crippen MR) is 72.8 cm³/mol. The SMILES string of the molecule is c1ccc(C2c3ccccc3C3=NCCN32)cc1. The van der Waals surface area contributed by atoms with E-state index in [1.54, 1.807) is 0 Å². The molecule has 2 aliphatic rings. The zero-order chi connectivity index (χ0) is 11.9. The molecule has 2 heterocycles. The van der Waals surface area contributed by atoms with Gasteiger partial charge in [-0.15, -0.1) is 0 Å². The zero-order valence-corrected chi connectivity index (χ0v) is 10.1. The van der Waals surface area contributed by atoms with Crippen LogP contribution in [-0.4, -0.2) is 23.8 Å². The summed E-state index contributed by atoms with van der Waals surface area (Å²) >= 11 is 0. The average molecular weight is 234 g/mol. The van der Waals surface area contributed by atoms with Crippen molar-refractivity contribution in [1.82, 2.24) is 4.90 Å². The van der Waals surface area contributed by atoms with Crippen molar-refractivity contribution in [3.8, 4) is 0 Å². The number of aliphatic imine (C=N–C) groups is 1. The van der Waals surface area contributed by atoms with Gasteiger partial charge in [0.25, 0.3) is 0 Å². The van der Waals surface area contributed by atoms with Gasteiger partial charge in [-0.05, 0) is 11.1 Å². The molecule has 0 aromatic heterocycles. The molecule has 1 unspecified atom stereocenters. The van der Waals surface area contributed by atoms with Gasteiger partial charge < -0.3 is 4.90 Å². The second-order valence-corrected chi connectivity index (χ2v) is 4.80. The van der Waals surface area contributed by atoms with Crippen LogP contribution in [0.5, 0.6) is 0 Å². The molecule has 0 aliphatic carbocycles. The second-order valence-electron chi connectivity index (χ2n) is 4.80. The average Bonchev–Trinajstić information content (AvgIpc) is 2.99. The summed E-state index contributed by atoms with van der Waals surface area (Å²) in [5, 5.41) is 0. The smallest absolute Gasteiger partial charge is 0.132 e. The maximum absolute atomic E-state index is 4.66. The molecule has 2 nitrogen and oxygen atoms in total. The van der Waals surface area contributed by atoms with Gasteiger partial charge in [-0.3, -0.25) is 4.99 Å². The minimum Gasteiger partial charge on any atom is -0.343 e. The third kappa shape index (κ3) is 1.26. The van der Waals surface area contributed by atoms with Crippen LogP contribution in [0.2, 0.25) is 0 Å². The van der Waals surface area contributed by atoms with E-state index in [0.29, 0.717) is 6.04 Å². The van der Waals surface area contributed by atoms with Crippen molar-refractivity contribution in [2.24, 2.45) is 4.99 Å². The van der Waals surface area contributed by atoms with E-state index in [9.17, 15) is 0 Å². The first kappa shape index (κ1) is 9.89. The fourth-order valence-electron chi connectivity index (χ4n) is 3.05. The lowest BCUT2D eigenvalue weighted by atomic mass is 9.98. The molecule has 2 aromatic carbocycles. The molecule has 0 radical (unpaired) electrons. The molecule has 0 bridgehead atoms. The molecule has 2 heteroatoms. The lowest BCUT2D eigenvalue weighted by Crippen LogP contribution is -2.26. The molecule has 18 heavy (non-hydrogen) atoms. The van der Waals surface area contributed by atoms with E-state index in [1.807, 2.05) is 0 Å². The lowest BCUT2D eigenvalue weighted by Gasteiger charge is -2.23. The van der Waals surface area contributed by atoms with Crippen LogP contribution in [0.25, 0.3) is 0 Å². The summed E-state index contributed by atoms with van der Waals surface area (Å²) in [7, 11) is 0. The summed E-state index contributed by atoms with van der Waals surface area (Å²) in [6.07, 6.45) is 0. The molecule has 2 aromatic rings. The van der Waals surface area contributed by atoms with Crippen LogP contribution in [0.3, 0.4) is 0 Å². The molecular weight excluding hydrogens is 220 g/mol. The maximum Gasteiger partial charge on any atom is 0.132 e. The number of nitrogens with zero attached hydrogens (tertiary/aromatic N) is 2. The fraction of sp³-hybridized carbons (Fsp3) is 0.188. The molecule has 4 rings (SSSR count). The molecular formula is C16H14N2. The van der Waals surface area contributed by atoms with Gasteiger partial charge in [-0.1, -0.05) is 54.6 Å². The van der Waals surface area contributed by atoms with Gasteiger partial charge in [0.15, 0.2) is 0 Å². The molecule has 0 N–H and O–H groups in total. The van der Waals surface area contributed by atoms with Crippen molar-refractivity contribution in [1.29, 1.82) is 0 Å². The van der Waals surface area contributed by atoms with Crippen LogP contribution >= 0.6 is 0 Å². The summed E-state index contributed by atoms with van der Waals surface area (Å²) in [5.74, 6) is 1.18. The Morgan fingerprint density at radius 1 is 0.944 bits per heavy atom. The van der Waals surface area contributed by atoms with E-state index in [4.69, 9.17) is 0 Å². The number of rotatable bonds is 1. The minimum absolute atomic E-state index is 0.351. The van der Waals surface area contributed by atoms with Gasteiger partial charge in [0.1, 0.15) is 5.84 Å². The first-order valence-corrected chi connectivity index (χ1v) is 6.40. The van der Waals surface area contributed by atoms with Crippen LogP contribution in [-0.2, 0) is 0 Å². The topological polar surface area (TPSA) is 15.6 Å². The molecule has 0 saturated carbocycles. The van der Waals surface area contributed by atoms with E-state index in [1.165, 1.54) is 22.5 Å². The van der Waals surface area contributed by atoms with Crippen LogP contribution in [0, 0.1) is 0 Å². The fourth-order valence-corrected chi connectivity index (χ4v) is 3.05. The number of amidine groups is 1. The molecule has 88 valence electrons. The standard InChI is InChI=1S/C16H14N2/c1-2-6-12(7-3-1)15-13-8-4-5-9-14(13)16-17-10-11-18(15)16/h1-9,15H,10-11H2. The van der Waals surface area contributed by atoms with Gasteiger partial charge in [-0.2, -0.15) is 0 Å². The third-order valence-corrected chi connectivity index (χ3v) is 3.80. The summed E-state index contributed by atoms with van der Waals surface area (Å²) in [6, 6.07) is 19.7. The number of benzene rings is 2. The van der Waals surface area contributed by atoms with Crippen molar-refractivity contribution >= 4 is 5.84 Å². The van der Waals surface area contributed by atoms with Gasteiger partial charge in [0, 0.05) is 12.1 Å². The highest BCUT2D eigenvalue weighted by atomic mass is 15.3. The molecule has 0 saturated heterocycles. The predicted octanol–water partition coefficient (Wildman–Crippen LogP) is 2.85. The van der Waals surface area contributed by atoms with Crippen LogP contribution < -0.4 is 0 Å². The molecule has 0 spiro atoms. The Morgan fingerprint density at radius 2 is 1.72 bits per heavy atom. The first-order chi connectivity index (χ1) is 8.95. The molecule has 2 aliphatic heterocycles. The van der Waals surface area contributed by atoms with Gasteiger partial charge in [0.05, 0.1) is 12.6 Å². The van der Waals surface area contributed by atoms with Gasteiger partial charge in [-0.25, -0.2) is 0 Å². The monoisotopic (exact) mass is 234 g/mol. The van der Waals surface area contributed by atoms with E-state index in [0.717, 1.165) is 13.1 Å². The van der Waals surface area contributed by atoms with Gasteiger partial charge in [0.2, 0.25) is 0 Å². The molecule has 1 atom stereocenters. The van der Waals surface area contributed by atoms with Crippen LogP contribution in [0.1, 0.15) is 22.7 Å². The van der Waals surface area contributed by atoms with Crippen molar-refractivity contribution in [3.05, 3.63) is 71.3 Å². The highest BCUT2D eigenvalue weighted by Gasteiger charge is 2.37. The van der Waals surface area contributed by atoms with E-state index < -0.39 is 0 Å². The van der Waals surface area contributed by atoms with Crippen molar-refractivity contribution < 1.29 is 0 Å². The Bertz CT molecular complexity index is 616. The Balaban J connectivity index is 1.92. The molecule has 0 amide bonds. The number of hydrogen-bond donors (Lipinski definition) is 0.